The molecule has 1 aliphatic heterocycles. The first kappa shape index (κ1) is 22.7. The minimum Gasteiger partial charge on any atom is -0.467 e. The molecule has 2 aromatic carbocycles. The maximum absolute atomic E-state index is 12.2. The fraction of sp³-hybridized carbons (Fsp3) is 0.261. The second-order valence-electron chi connectivity index (χ2n) is 7.08. The van der Waals surface area contributed by atoms with Gasteiger partial charge in [-0.1, -0.05) is 30.3 Å². The van der Waals surface area contributed by atoms with Gasteiger partial charge in [0.15, 0.2) is 6.61 Å². The van der Waals surface area contributed by atoms with Gasteiger partial charge in [-0.3, -0.25) is 19.3 Å². The van der Waals surface area contributed by atoms with Gasteiger partial charge in [-0.05, 0) is 29.8 Å². The monoisotopic (exact) mass is 438 g/mol. The highest BCUT2D eigenvalue weighted by atomic mass is 16.5. The Hall–Kier alpha value is -4.01. The molecule has 0 bridgehead atoms. The molecule has 0 aliphatic carbocycles. The number of anilines is 1. The van der Waals surface area contributed by atoms with E-state index in [1.807, 2.05) is 30.3 Å². The van der Waals surface area contributed by atoms with Crippen molar-refractivity contribution in [2.45, 2.75) is 25.3 Å². The van der Waals surface area contributed by atoms with Crippen molar-refractivity contribution >= 4 is 35.3 Å². The summed E-state index contributed by atoms with van der Waals surface area (Å²) in [6.07, 6.45) is 0.547. The summed E-state index contributed by atoms with van der Waals surface area (Å²) in [5, 5.41) is 2.51. The number of benzene rings is 2. The molecule has 3 amide bonds. The maximum Gasteiger partial charge on any atom is 0.338 e. The molecule has 3 rings (SSSR count). The molecule has 32 heavy (non-hydrogen) atoms. The van der Waals surface area contributed by atoms with E-state index in [2.05, 4.69) is 5.32 Å². The standard InChI is InChI=1S/C23H22N2O7/c1-31-23(30)18(13-15-5-3-2-4-6-15)24-19(26)14-32-22(29)16-7-9-17(10-8-16)25-20(27)11-12-21(25)28/h2-10,18H,11-14H2,1H3,(H,24,26). The number of amides is 3. The third-order valence-electron chi connectivity index (χ3n) is 4.85. The van der Waals surface area contributed by atoms with Gasteiger partial charge in [0.05, 0.1) is 18.4 Å². The highest BCUT2D eigenvalue weighted by molar-refractivity contribution is 6.19. The number of rotatable bonds is 8. The van der Waals surface area contributed by atoms with E-state index in [0.717, 1.165) is 10.5 Å². The Kier molecular flexibility index (Phi) is 7.33. The summed E-state index contributed by atoms with van der Waals surface area (Å²) in [6, 6.07) is 13.9. The van der Waals surface area contributed by atoms with Crippen LogP contribution in [0.3, 0.4) is 0 Å². The van der Waals surface area contributed by atoms with E-state index in [0.29, 0.717) is 5.69 Å². The first-order valence-electron chi connectivity index (χ1n) is 9.93. The number of carbonyl (C=O) groups excluding carboxylic acids is 5. The largest absolute Gasteiger partial charge is 0.467 e. The van der Waals surface area contributed by atoms with Crippen molar-refractivity contribution in [1.82, 2.24) is 5.32 Å². The van der Waals surface area contributed by atoms with Crippen molar-refractivity contribution in [1.29, 1.82) is 0 Å². The molecular formula is C23H22N2O7. The summed E-state index contributed by atoms with van der Waals surface area (Å²) in [6.45, 7) is -0.591. The number of methoxy groups -OCH3 is 1. The van der Waals surface area contributed by atoms with Crippen LogP contribution in [0.1, 0.15) is 28.8 Å². The Morgan fingerprint density at radius 3 is 2.19 bits per heavy atom. The molecule has 9 nitrogen and oxygen atoms in total. The number of nitrogens with one attached hydrogen (secondary N) is 1. The van der Waals surface area contributed by atoms with E-state index in [1.165, 1.54) is 31.4 Å². The summed E-state index contributed by atoms with van der Waals surface area (Å²) < 4.78 is 9.75. The van der Waals surface area contributed by atoms with E-state index in [9.17, 15) is 24.0 Å². The van der Waals surface area contributed by atoms with E-state index in [1.54, 1.807) is 0 Å². The van der Waals surface area contributed by atoms with Crippen LogP contribution in [-0.4, -0.2) is 49.4 Å². The van der Waals surface area contributed by atoms with Gasteiger partial charge in [0.2, 0.25) is 11.8 Å². The highest BCUT2D eigenvalue weighted by Crippen LogP contribution is 2.22. The van der Waals surface area contributed by atoms with Gasteiger partial charge in [0, 0.05) is 19.3 Å². The van der Waals surface area contributed by atoms with Crippen LogP contribution >= 0.6 is 0 Å². The van der Waals surface area contributed by atoms with Gasteiger partial charge in [0.25, 0.3) is 5.91 Å². The Labute approximate surface area is 184 Å². The summed E-state index contributed by atoms with van der Waals surface area (Å²) in [4.78, 5) is 61.1. The molecule has 1 N–H and O–H groups in total. The topological polar surface area (TPSA) is 119 Å². The minimum absolute atomic E-state index is 0.148. The van der Waals surface area contributed by atoms with Crippen LogP contribution in [-0.2, 0) is 35.1 Å². The Morgan fingerprint density at radius 1 is 0.969 bits per heavy atom. The number of ether oxygens (including phenoxy) is 2. The van der Waals surface area contributed by atoms with Gasteiger partial charge in [0.1, 0.15) is 6.04 Å². The molecule has 2 aromatic rings. The number of esters is 2. The van der Waals surface area contributed by atoms with Crippen molar-refractivity contribution in [2.24, 2.45) is 0 Å². The number of carbonyl (C=O) groups is 5. The van der Waals surface area contributed by atoms with E-state index < -0.39 is 30.5 Å². The SMILES string of the molecule is COC(=O)C(Cc1ccccc1)NC(=O)COC(=O)c1ccc(N2C(=O)CCC2=O)cc1. The number of nitrogens with zero attached hydrogens (tertiary/aromatic N) is 1. The van der Waals surface area contributed by atoms with Crippen molar-refractivity contribution in [2.75, 3.05) is 18.6 Å². The van der Waals surface area contributed by atoms with Gasteiger partial charge < -0.3 is 14.8 Å². The molecular weight excluding hydrogens is 416 g/mol. The summed E-state index contributed by atoms with van der Waals surface area (Å²) in [5.41, 5.74) is 1.35. The van der Waals surface area contributed by atoms with Crippen molar-refractivity contribution in [3.8, 4) is 0 Å². The second-order valence-corrected chi connectivity index (χ2v) is 7.08. The third kappa shape index (κ3) is 5.57. The fourth-order valence-electron chi connectivity index (χ4n) is 3.25. The molecule has 0 aromatic heterocycles. The van der Waals surface area contributed by atoms with Crippen LogP contribution in [0.15, 0.2) is 54.6 Å². The third-order valence-corrected chi connectivity index (χ3v) is 4.85. The first-order chi connectivity index (χ1) is 15.4. The van der Waals surface area contributed by atoms with Crippen LogP contribution in [0, 0.1) is 0 Å². The molecule has 1 unspecified atom stereocenters. The molecule has 0 saturated carbocycles. The van der Waals surface area contributed by atoms with Crippen molar-refractivity contribution in [3.63, 3.8) is 0 Å². The Bertz CT molecular complexity index is 1000. The summed E-state index contributed by atoms with van der Waals surface area (Å²) >= 11 is 0. The van der Waals surface area contributed by atoms with Crippen LogP contribution in [0.4, 0.5) is 5.69 Å². The zero-order valence-corrected chi connectivity index (χ0v) is 17.4. The highest BCUT2D eigenvalue weighted by Gasteiger charge is 2.30. The molecule has 0 radical (unpaired) electrons. The van der Waals surface area contributed by atoms with Gasteiger partial charge in [-0.25, -0.2) is 9.59 Å². The van der Waals surface area contributed by atoms with Crippen LogP contribution in [0.25, 0.3) is 0 Å². The smallest absolute Gasteiger partial charge is 0.338 e. The average molecular weight is 438 g/mol. The minimum atomic E-state index is -0.927. The van der Waals surface area contributed by atoms with Crippen molar-refractivity contribution in [3.05, 3.63) is 65.7 Å². The van der Waals surface area contributed by atoms with Crippen molar-refractivity contribution < 1.29 is 33.4 Å². The number of hydrogen-bond acceptors (Lipinski definition) is 7. The number of imide groups is 1. The molecule has 1 aliphatic rings. The molecule has 1 heterocycles. The lowest BCUT2D eigenvalue weighted by Gasteiger charge is -2.17. The second kappa shape index (κ2) is 10.3. The fourth-order valence-corrected chi connectivity index (χ4v) is 3.25. The average Bonchev–Trinajstić information content (AvgIpc) is 3.15. The quantitative estimate of drug-likeness (QED) is 0.489. The van der Waals surface area contributed by atoms with Gasteiger partial charge in [-0.15, -0.1) is 0 Å². The molecule has 0 spiro atoms. The van der Waals surface area contributed by atoms with E-state index >= 15 is 0 Å². The molecule has 1 atom stereocenters. The van der Waals surface area contributed by atoms with Crippen LogP contribution < -0.4 is 10.2 Å². The normalized spacial score (nSPS) is 14.1. The summed E-state index contributed by atoms with van der Waals surface area (Å²) in [5.74, 6) is -2.62. The lowest BCUT2D eigenvalue weighted by atomic mass is 10.1. The summed E-state index contributed by atoms with van der Waals surface area (Å²) in [7, 11) is 1.22. The molecule has 1 saturated heterocycles. The van der Waals surface area contributed by atoms with Crippen LogP contribution in [0.2, 0.25) is 0 Å². The molecule has 166 valence electrons. The van der Waals surface area contributed by atoms with Gasteiger partial charge >= 0.3 is 11.9 Å². The first-order valence-corrected chi connectivity index (χ1v) is 9.93. The Balaban J connectivity index is 1.55. The lowest BCUT2D eigenvalue weighted by molar-refractivity contribution is -0.145. The zero-order chi connectivity index (χ0) is 23.1. The molecule has 1 fully saturated rings. The molecule has 9 heteroatoms. The van der Waals surface area contributed by atoms with E-state index in [-0.39, 0.29) is 36.6 Å². The van der Waals surface area contributed by atoms with Gasteiger partial charge in [-0.2, -0.15) is 0 Å². The lowest BCUT2D eigenvalue weighted by Crippen LogP contribution is -2.44. The van der Waals surface area contributed by atoms with Crippen LogP contribution in [0.5, 0.6) is 0 Å². The zero-order valence-electron chi connectivity index (χ0n) is 17.4. The predicted molar refractivity (Wildman–Crippen MR) is 113 cm³/mol. The predicted octanol–water partition coefficient (Wildman–Crippen LogP) is 1.40. The van der Waals surface area contributed by atoms with E-state index in [4.69, 9.17) is 9.47 Å². The maximum atomic E-state index is 12.2. The number of hydrogen-bond donors (Lipinski definition) is 1. The Morgan fingerprint density at radius 2 is 1.59 bits per heavy atom.